The minimum Gasteiger partial charge on any atom is -0.497 e. The summed E-state index contributed by atoms with van der Waals surface area (Å²) in [6.07, 6.45) is 3.67. The Hall–Kier alpha value is -3.28. The number of methoxy groups -OCH3 is 1. The van der Waals surface area contributed by atoms with Crippen LogP contribution in [0.2, 0.25) is 0 Å². The topological polar surface area (TPSA) is 68.2 Å². The van der Waals surface area contributed by atoms with E-state index in [1.54, 1.807) is 31.4 Å². The molecule has 2 amide bonds. The molecule has 0 spiro atoms. The van der Waals surface area contributed by atoms with E-state index in [0.29, 0.717) is 12.2 Å². The first-order valence-corrected chi connectivity index (χ1v) is 8.06. The highest BCUT2D eigenvalue weighted by atomic mass is 16.5. The van der Waals surface area contributed by atoms with Crippen LogP contribution in [0.4, 0.5) is 10.5 Å². The molecule has 25 heavy (non-hydrogen) atoms. The van der Waals surface area contributed by atoms with Crippen LogP contribution in [0.25, 0.3) is 11.3 Å². The summed E-state index contributed by atoms with van der Waals surface area (Å²) in [6.45, 7) is 0.488. The second kappa shape index (κ2) is 6.32. The zero-order chi connectivity index (χ0) is 17.2. The van der Waals surface area contributed by atoms with E-state index in [9.17, 15) is 4.79 Å². The van der Waals surface area contributed by atoms with Gasteiger partial charge in [-0.1, -0.05) is 24.3 Å². The second-order valence-corrected chi connectivity index (χ2v) is 5.85. The number of nitrogens with zero attached hydrogens (tertiary/aromatic N) is 2. The molecule has 2 heterocycles. The Bertz CT molecular complexity index is 902. The van der Waals surface area contributed by atoms with E-state index in [1.807, 2.05) is 24.7 Å². The second-order valence-electron chi connectivity index (χ2n) is 5.85. The number of ether oxygens (including phenoxy) is 1. The van der Waals surface area contributed by atoms with Crippen LogP contribution in [0.1, 0.15) is 11.6 Å². The number of rotatable bonds is 4. The van der Waals surface area contributed by atoms with Crippen LogP contribution in [-0.4, -0.2) is 29.2 Å². The van der Waals surface area contributed by atoms with Crippen LogP contribution in [0.5, 0.6) is 5.75 Å². The molecule has 6 heteroatoms. The third-order valence-corrected chi connectivity index (χ3v) is 4.40. The molecular formula is C19H18N4O2. The fourth-order valence-electron chi connectivity index (χ4n) is 3.18. The molecule has 6 nitrogen and oxygen atoms in total. The molecule has 3 aromatic rings. The summed E-state index contributed by atoms with van der Waals surface area (Å²) in [5.74, 6) is 0.751. The number of amides is 2. The Kier molecular flexibility index (Phi) is 3.85. The van der Waals surface area contributed by atoms with Gasteiger partial charge in [-0.3, -0.25) is 0 Å². The summed E-state index contributed by atoms with van der Waals surface area (Å²) in [7, 11) is 1.61. The number of nitrogens with one attached hydrogen (secondary N) is 2. The van der Waals surface area contributed by atoms with Crippen molar-refractivity contribution >= 4 is 11.7 Å². The van der Waals surface area contributed by atoms with Crippen LogP contribution < -0.4 is 15.4 Å². The number of fused-ring (bicyclic) bond motifs is 3. The predicted octanol–water partition coefficient (Wildman–Crippen LogP) is 3.28. The number of benzene rings is 2. The number of imidazole rings is 1. The largest absolute Gasteiger partial charge is 0.497 e. The maximum Gasteiger partial charge on any atom is 0.319 e. The first-order chi connectivity index (χ1) is 12.3. The van der Waals surface area contributed by atoms with E-state index in [2.05, 4.69) is 32.3 Å². The van der Waals surface area contributed by atoms with Crippen LogP contribution in [0.3, 0.4) is 0 Å². The van der Waals surface area contributed by atoms with Crippen LogP contribution in [0.15, 0.2) is 61.1 Å². The summed E-state index contributed by atoms with van der Waals surface area (Å²) in [4.78, 5) is 16.4. The summed E-state index contributed by atoms with van der Waals surface area (Å²) in [6, 6.07) is 15.2. The van der Waals surface area contributed by atoms with Crippen molar-refractivity contribution in [1.29, 1.82) is 0 Å². The quantitative estimate of drug-likeness (QED) is 0.769. The summed E-state index contributed by atoms with van der Waals surface area (Å²) in [5.41, 5.74) is 4.17. The third-order valence-electron chi connectivity index (χ3n) is 4.40. The molecule has 126 valence electrons. The van der Waals surface area contributed by atoms with Gasteiger partial charge in [0.1, 0.15) is 5.75 Å². The van der Waals surface area contributed by atoms with Gasteiger partial charge in [-0.25, -0.2) is 9.78 Å². The smallest absolute Gasteiger partial charge is 0.319 e. The summed E-state index contributed by atoms with van der Waals surface area (Å²) in [5, 5.41) is 5.77. The molecule has 1 aliphatic heterocycles. The van der Waals surface area contributed by atoms with Crippen molar-refractivity contribution in [3.8, 4) is 17.0 Å². The highest BCUT2D eigenvalue weighted by Crippen LogP contribution is 2.38. The normalized spacial score (nSPS) is 14.5. The van der Waals surface area contributed by atoms with Gasteiger partial charge in [-0.05, 0) is 29.8 Å². The molecule has 0 aliphatic carbocycles. The Morgan fingerprint density at radius 1 is 1.20 bits per heavy atom. The van der Waals surface area contributed by atoms with Crippen molar-refractivity contribution in [3.63, 3.8) is 0 Å². The van der Waals surface area contributed by atoms with E-state index in [1.165, 1.54) is 11.1 Å². The molecule has 2 N–H and O–H groups in total. The molecule has 0 radical (unpaired) electrons. The molecule has 0 bridgehead atoms. The number of carbonyl (C=O) groups excluding carboxylic acids is 1. The maximum absolute atomic E-state index is 12.2. The Labute approximate surface area is 145 Å². The molecule has 2 aromatic carbocycles. The van der Waals surface area contributed by atoms with Crippen LogP contribution in [0, 0.1) is 0 Å². The number of carbonyl (C=O) groups is 1. The lowest BCUT2D eigenvalue weighted by atomic mass is 10.0. The van der Waals surface area contributed by atoms with Crippen LogP contribution in [-0.2, 0) is 0 Å². The van der Waals surface area contributed by atoms with Gasteiger partial charge >= 0.3 is 6.03 Å². The van der Waals surface area contributed by atoms with Gasteiger partial charge in [0.25, 0.3) is 0 Å². The predicted molar refractivity (Wildman–Crippen MR) is 95.8 cm³/mol. The highest BCUT2D eigenvalue weighted by Gasteiger charge is 2.28. The van der Waals surface area contributed by atoms with Crippen molar-refractivity contribution in [2.75, 3.05) is 19.0 Å². The fraction of sp³-hybridized carbons (Fsp3) is 0.158. The average Bonchev–Trinajstić information content (AvgIpc) is 3.22. The van der Waals surface area contributed by atoms with E-state index < -0.39 is 0 Å². The average molecular weight is 334 g/mol. The minimum atomic E-state index is -0.240. The molecule has 1 unspecified atom stereocenters. The van der Waals surface area contributed by atoms with Crippen molar-refractivity contribution in [3.05, 3.63) is 66.6 Å². The number of aromatic nitrogens is 2. The lowest BCUT2D eigenvalue weighted by molar-refractivity contribution is 0.251. The van der Waals surface area contributed by atoms with Gasteiger partial charge in [0.2, 0.25) is 0 Å². The molecule has 0 saturated carbocycles. The van der Waals surface area contributed by atoms with E-state index >= 15 is 0 Å². The third kappa shape index (κ3) is 2.82. The van der Waals surface area contributed by atoms with E-state index in [0.717, 1.165) is 11.4 Å². The molecule has 4 rings (SSSR count). The molecular weight excluding hydrogens is 316 g/mol. The number of hydrogen-bond acceptors (Lipinski definition) is 3. The number of anilines is 1. The van der Waals surface area contributed by atoms with Gasteiger partial charge in [-0.2, -0.15) is 0 Å². The van der Waals surface area contributed by atoms with Gasteiger partial charge in [-0.15, -0.1) is 0 Å². The number of hydrogen-bond donors (Lipinski definition) is 2. The summed E-state index contributed by atoms with van der Waals surface area (Å²) >= 11 is 0. The maximum atomic E-state index is 12.2. The molecule has 0 saturated heterocycles. The van der Waals surface area contributed by atoms with E-state index in [4.69, 9.17) is 4.74 Å². The lowest BCUT2D eigenvalue weighted by Gasteiger charge is -2.16. The van der Waals surface area contributed by atoms with Crippen molar-refractivity contribution in [2.24, 2.45) is 0 Å². The standard InChI is InChI=1S/C19H18N4O2/c1-25-14-8-6-13(7-9-14)22-19(24)21-11-18-16-5-3-2-4-15(16)17-10-20-12-23(17)18/h2-10,12,18H,11H2,1H3,(H2,21,22,24). The van der Waals surface area contributed by atoms with Crippen molar-refractivity contribution < 1.29 is 9.53 Å². The highest BCUT2D eigenvalue weighted by molar-refractivity contribution is 5.89. The van der Waals surface area contributed by atoms with Gasteiger partial charge < -0.3 is 19.9 Å². The van der Waals surface area contributed by atoms with Gasteiger partial charge in [0.15, 0.2) is 0 Å². The molecule has 0 fully saturated rings. The SMILES string of the molecule is COc1ccc(NC(=O)NCC2c3ccccc3-c3cncn32)cc1. The first kappa shape index (κ1) is 15.3. The molecule has 1 aromatic heterocycles. The van der Waals surface area contributed by atoms with E-state index in [-0.39, 0.29) is 12.1 Å². The Morgan fingerprint density at radius 3 is 2.80 bits per heavy atom. The lowest BCUT2D eigenvalue weighted by Crippen LogP contribution is -2.33. The minimum absolute atomic E-state index is 0.0512. The van der Waals surface area contributed by atoms with Gasteiger partial charge in [0, 0.05) is 17.8 Å². The van der Waals surface area contributed by atoms with Crippen molar-refractivity contribution in [2.45, 2.75) is 6.04 Å². The molecule has 1 atom stereocenters. The van der Waals surface area contributed by atoms with Crippen molar-refractivity contribution in [1.82, 2.24) is 14.9 Å². The number of urea groups is 1. The fourth-order valence-corrected chi connectivity index (χ4v) is 3.18. The van der Waals surface area contributed by atoms with Gasteiger partial charge in [0.05, 0.1) is 31.4 Å². The monoisotopic (exact) mass is 334 g/mol. The summed E-state index contributed by atoms with van der Waals surface area (Å²) < 4.78 is 7.21. The zero-order valence-electron chi connectivity index (χ0n) is 13.8. The first-order valence-electron chi connectivity index (χ1n) is 8.06. The zero-order valence-corrected chi connectivity index (χ0v) is 13.8. The van der Waals surface area contributed by atoms with Crippen LogP contribution >= 0.6 is 0 Å². The Morgan fingerprint density at radius 2 is 2.00 bits per heavy atom. The Balaban J connectivity index is 1.44. The molecule has 1 aliphatic rings.